The van der Waals surface area contributed by atoms with Gasteiger partial charge in [-0.2, -0.15) is 10.4 Å². The summed E-state index contributed by atoms with van der Waals surface area (Å²) in [7, 11) is 1.50. The largest absolute Gasteiger partial charge is 0.493 e. The van der Waals surface area contributed by atoms with E-state index in [4.69, 9.17) is 14.7 Å². The zero-order valence-corrected chi connectivity index (χ0v) is 15.9. The summed E-state index contributed by atoms with van der Waals surface area (Å²) in [5.41, 5.74) is 2.52. The number of carbonyl (C=O) groups is 1. The molecule has 0 saturated carbocycles. The number of ether oxygens (including phenoxy) is 2. The highest BCUT2D eigenvalue weighted by Gasteiger charge is 2.13. The van der Waals surface area contributed by atoms with Crippen molar-refractivity contribution < 1.29 is 18.7 Å². The number of nitrogens with zero attached hydrogens (tertiary/aromatic N) is 3. The quantitative estimate of drug-likeness (QED) is 0.447. The highest BCUT2D eigenvalue weighted by molar-refractivity contribution is 6.07. The van der Waals surface area contributed by atoms with Gasteiger partial charge < -0.3 is 9.47 Å². The van der Waals surface area contributed by atoms with Crippen LogP contribution in [0.15, 0.2) is 54.7 Å². The van der Waals surface area contributed by atoms with Gasteiger partial charge in [-0.3, -0.25) is 4.79 Å². The fraction of sp³-hybridized carbons (Fsp3) is 0.136. The number of hydrogen-bond acceptors (Lipinski definition) is 5. The lowest BCUT2D eigenvalue weighted by Gasteiger charge is -2.08. The molecule has 29 heavy (non-hydrogen) atoms. The predicted molar refractivity (Wildman–Crippen MR) is 106 cm³/mol. The lowest BCUT2D eigenvalue weighted by Crippen LogP contribution is -2.01. The zero-order valence-electron chi connectivity index (χ0n) is 15.9. The van der Waals surface area contributed by atoms with Crippen molar-refractivity contribution in [2.45, 2.75) is 6.92 Å². The van der Waals surface area contributed by atoms with E-state index in [1.165, 1.54) is 31.5 Å². The monoisotopic (exact) mass is 391 g/mol. The van der Waals surface area contributed by atoms with Crippen molar-refractivity contribution in [1.82, 2.24) is 9.78 Å². The van der Waals surface area contributed by atoms with E-state index >= 15 is 0 Å². The van der Waals surface area contributed by atoms with Gasteiger partial charge in [0.15, 0.2) is 23.9 Å². The van der Waals surface area contributed by atoms with Crippen LogP contribution in [0.2, 0.25) is 0 Å². The normalized spacial score (nSPS) is 10.7. The van der Waals surface area contributed by atoms with E-state index in [0.29, 0.717) is 28.4 Å². The first-order valence-corrected chi connectivity index (χ1v) is 8.74. The molecule has 0 aliphatic rings. The van der Waals surface area contributed by atoms with Crippen molar-refractivity contribution in [2.75, 3.05) is 13.7 Å². The summed E-state index contributed by atoms with van der Waals surface area (Å²) in [6.45, 7) is 1.70. The fourth-order valence-corrected chi connectivity index (χ4v) is 2.77. The molecule has 0 bridgehead atoms. The summed E-state index contributed by atoms with van der Waals surface area (Å²) >= 11 is 0. The Labute approximate surface area is 167 Å². The van der Waals surface area contributed by atoms with Crippen LogP contribution in [0.25, 0.3) is 11.8 Å². The average Bonchev–Trinajstić information content (AvgIpc) is 3.12. The molecular formula is C22H18FN3O3. The molecule has 146 valence electrons. The molecule has 0 spiro atoms. The number of ketones is 1. The lowest BCUT2D eigenvalue weighted by molar-refractivity contribution is 0.104. The van der Waals surface area contributed by atoms with Crippen LogP contribution in [0.1, 0.15) is 21.6 Å². The number of rotatable bonds is 7. The number of aromatic nitrogens is 2. The highest BCUT2D eigenvalue weighted by atomic mass is 19.1. The third-order valence-electron chi connectivity index (χ3n) is 4.25. The SMILES string of the molecule is COc1cc(/C=C/C(=O)c2cnn(-c3ccc(F)cc3)c2C)ccc1OCC#N. The first-order chi connectivity index (χ1) is 14.0. The minimum atomic E-state index is -0.336. The standard InChI is InChI=1S/C22H18FN3O3/c1-15-19(14-25-26(15)18-7-5-17(23)6-8-18)20(27)9-3-16-4-10-21(29-12-11-24)22(13-16)28-2/h3-10,13-14H,12H2,1-2H3/b9-3+. The molecular weight excluding hydrogens is 373 g/mol. The average molecular weight is 391 g/mol. The molecule has 1 aromatic heterocycles. The van der Waals surface area contributed by atoms with Crippen molar-refractivity contribution in [3.8, 4) is 23.3 Å². The van der Waals surface area contributed by atoms with Crippen molar-refractivity contribution in [3.63, 3.8) is 0 Å². The molecule has 0 N–H and O–H groups in total. The van der Waals surface area contributed by atoms with Gasteiger partial charge in [0.1, 0.15) is 11.9 Å². The van der Waals surface area contributed by atoms with Crippen LogP contribution in [0.5, 0.6) is 11.5 Å². The van der Waals surface area contributed by atoms with Crippen molar-refractivity contribution >= 4 is 11.9 Å². The van der Waals surface area contributed by atoms with Crippen LogP contribution in [-0.4, -0.2) is 29.3 Å². The fourth-order valence-electron chi connectivity index (χ4n) is 2.77. The Bertz CT molecular complexity index is 1100. The van der Waals surface area contributed by atoms with Gasteiger partial charge in [-0.15, -0.1) is 0 Å². The maximum Gasteiger partial charge on any atom is 0.189 e. The number of carbonyl (C=O) groups excluding carboxylic acids is 1. The summed E-state index contributed by atoms with van der Waals surface area (Å²) in [4.78, 5) is 12.6. The predicted octanol–water partition coefficient (Wildman–Crippen LogP) is 4.13. The molecule has 2 aromatic carbocycles. The number of benzene rings is 2. The summed E-state index contributed by atoms with van der Waals surface area (Å²) in [6.07, 6.45) is 4.60. The minimum Gasteiger partial charge on any atom is -0.493 e. The van der Waals surface area contributed by atoms with Crippen molar-refractivity contribution in [3.05, 3.63) is 77.4 Å². The van der Waals surface area contributed by atoms with Gasteiger partial charge in [0.25, 0.3) is 0 Å². The van der Waals surface area contributed by atoms with E-state index in [0.717, 1.165) is 5.56 Å². The topological polar surface area (TPSA) is 77.1 Å². The van der Waals surface area contributed by atoms with Crippen LogP contribution >= 0.6 is 0 Å². The molecule has 6 nitrogen and oxygen atoms in total. The van der Waals surface area contributed by atoms with Gasteiger partial charge in [-0.25, -0.2) is 9.07 Å². The Balaban J connectivity index is 1.79. The van der Waals surface area contributed by atoms with E-state index in [1.54, 1.807) is 48.0 Å². The molecule has 0 aliphatic carbocycles. The van der Waals surface area contributed by atoms with E-state index in [1.807, 2.05) is 6.07 Å². The second-order valence-corrected chi connectivity index (χ2v) is 6.09. The summed E-state index contributed by atoms with van der Waals surface area (Å²) in [6, 6.07) is 12.9. The molecule has 1 heterocycles. The first-order valence-electron chi connectivity index (χ1n) is 8.74. The molecule has 0 radical (unpaired) electrons. The van der Waals surface area contributed by atoms with E-state index in [9.17, 15) is 9.18 Å². The zero-order chi connectivity index (χ0) is 20.8. The van der Waals surface area contributed by atoms with Crippen molar-refractivity contribution in [1.29, 1.82) is 5.26 Å². The van der Waals surface area contributed by atoms with Gasteiger partial charge in [-0.1, -0.05) is 12.1 Å². The van der Waals surface area contributed by atoms with Gasteiger partial charge in [0, 0.05) is 0 Å². The first kappa shape index (κ1) is 19.8. The molecule has 0 fully saturated rings. The van der Waals surface area contributed by atoms with E-state index < -0.39 is 0 Å². The maximum absolute atomic E-state index is 13.1. The van der Waals surface area contributed by atoms with E-state index in [2.05, 4.69) is 5.10 Å². The molecule has 0 unspecified atom stereocenters. The Kier molecular flexibility index (Phi) is 6.05. The van der Waals surface area contributed by atoms with Crippen LogP contribution in [0.4, 0.5) is 4.39 Å². The number of halogens is 1. The third-order valence-corrected chi connectivity index (χ3v) is 4.25. The van der Waals surface area contributed by atoms with Crippen LogP contribution in [-0.2, 0) is 0 Å². The number of hydrogen-bond donors (Lipinski definition) is 0. The Hall–Kier alpha value is -3.92. The van der Waals surface area contributed by atoms with Gasteiger partial charge >= 0.3 is 0 Å². The number of nitriles is 1. The molecule has 7 heteroatoms. The number of methoxy groups -OCH3 is 1. The number of allylic oxidation sites excluding steroid dienone is 1. The van der Waals surface area contributed by atoms with E-state index in [-0.39, 0.29) is 18.2 Å². The van der Waals surface area contributed by atoms with Crippen molar-refractivity contribution in [2.24, 2.45) is 0 Å². The Morgan fingerprint density at radius 1 is 1.24 bits per heavy atom. The van der Waals surface area contributed by atoms with Crippen LogP contribution in [0.3, 0.4) is 0 Å². The molecule has 0 saturated heterocycles. The smallest absolute Gasteiger partial charge is 0.189 e. The Morgan fingerprint density at radius 2 is 2.00 bits per heavy atom. The molecule has 0 amide bonds. The van der Waals surface area contributed by atoms with Gasteiger partial charge in [0.05, 0.1) is 30.3 Å². The lowest BCUT2D eigenvalue weighted by atomic mass is 10.1. The maximum atomic E-state index is 13.1. The summed E-state index contributed by atoms with van der Waals surface area (Å²) in [5.74, 6) is 0.376. The highest BCUT2D eigenvalue weighted by Crippen LogP contribution is 2.28. The van der Waals surface area contributed by atoms with Gasteiger partial charge in [0.2, 0.25) is 0 Å². The Morgan fingerprint density at radius 3 is 2.69 bits per heavy atom. The third kappa shape index (κ3) is 4.50. The summed E-state index contributed by atoms with van der Waals surface area (Å²) < 4.78 is 25.2. The minimum absolute atomic E-state index is 0.0820. The molecule has 0 aliphatic heterocycles. The second-order valence-electron chi connectivity index (χ2n) is 6.09. The van der Waals surface area contributed by atoms with Crippen LogP contribution < -0.4 is 9.47 Å². The summed E-state index contributed by atoms with van der Waals surface area (Å²) in [5, 5.41) is 12.9. The van der Waals surface area contributed by atoms with Gasteiger partial charge in [-0.05, 0) is 55.0 Å². The molecule has 3 rings (SSSR count). The molecule has 3 aromatic rings. The molecule has 0 atom stereocenters. The second kappa shape index (κ2) is 8.85. The van der Waals surface area contributed by atoms with Crippen LogP contribution in [0, 0.1) is 24.1 Å².